The third kappa shape index (κ3) is 3.04. The van der Waals surface area contributed by atoms with Gasteiger partial charge in [0.2, 0.25) is 0 Å². The quantitative estimate of drug-likeness (QED) is 0.877. The molecular formula is C12H18N2O2S. The van der Waals surface area contributed by atoms with E-state index in [2.05, 4.69) is 16.8 Å². The SMILES string of the molecule is CC(c1cscn1)N(CC(=O)O)C1CCCC1. The van der Waals surface area contributed by atoms with Crippen molar-refractivity contribution in [2.24, 2.45) is 0 Å². The van der Waals surface area contributed by atoms with Gasteiger partial charge in [0.15, 0.2) is 0 Å². The molecule has 0 saturated heterocycles. The zero-order chi connectivity index (χ0) is 12.3. The lowest BCUT2D eigenvalue weighted by atomic mass is 10.1. The van der Waals surface area contributed by atoms with Crippen molar-refractivity contribution in [1.29, 1.82) is 0 Å². The van der Waals surface area contributed by atoms with Gasteiger partial charge in [0.1, 0.15) is 0 Å². The van der Waals surface area contributed by atoms with Gasteiger partial charge in [-0.3, -0.25) is 9.69 Å². The Morgan fingerprint density at radius 2 is 2.35 bits per heavy atom. The van der Waals surface area contributed by atoms with Crippen LogP contribution < -0.4 is 0 Å². The van der Waals surface area contributed by atoms with Crippen molar-refractivity contribution in [3.05, 3.63) is 16.6 Å². The van der Waals surface area contributed by atoms with Crippen LogP contribution in [0.25, 0.3) is 0 Å². The zero-order valence-corrected chi connectivity index (χ0v) is 10.8. The van der Waals surface area contributed by atoms with Crippen molar-refractivity contribution in [3.8, 4) is 0 Å². The molecule has 5 heteroatoms. The number of rotatable bonds is 5. The van der Waals surface area contributed by atoms with Gasteiger partial charge in [-0.15, -0.1) is 11.3 Å². The fourth-order valence-electron chi connectivity index (χ4n) is 2.57. The van der Waals surface area contributed by atoms with Gasteiger partial charge in [0.05, 0.1) is 23.8 Å². The van der Waals surface area contributed by atoms with E-state index in [-0.39, 0.29) is 12.6 Å². The van der Waals surface area contributed by atoms with Crippen LogP contribution in [0.2, 0.25) is 0 Å². The first kappa shape index (κ1) is 12.5. The summed E-state index contributed by atoms with van der Waals surface area (Å²) in [4.78, 5) is 17.4. The van der Waals surface area contributed by atoms with Crippen LogP contribution in [0.4, 0.5) is 0 Å². The van der Waals surface area contributed by atoms with Crippen molar-refractivity contribution in [2.75, 3.05) is 6.54 Å². The maximum Gasteiger partial charge on any atom is 0.317 e. The number of carboxylic acid groups (broad SMARTS) is 1. The molecule has 1 fully saturated rings. The average Bonchev–Trinajstić information content (AvgIpc) is 2.96. The summed E-state index contributed by atoms with van der Waals surface area (Å²) >= 11 is 1.56. The molecular weight excluding hydrogens is 236 g/mol. The van der Waals surface area contributed by atoms with Crippen LogP contribution in [-0.2, 0) is 4.79 Å². The Hall–Kier alpha value is -0.940. The maximum absolute atomic E-state index is 11.0. The number of aliphatic carboxylic acids is 1. The van der Waals surface area contributed by atoms with Gasteiger partial charge in [-0.25, -0.2) is 4.98 Å². The molecule has 1 N–H and O–H groups in total. The highest BCUT2D eigenvalue weighted by atomic mass is 32.1. The van der Waals surface area contributed by atoms with Gasteiger partial charge in [-0.2, -0.15) is 0 Å². The van der Waals surface area contributed by atoms with Gasteiger partial charge in [0, 0.05) is 11.4 Å². The first-order valence-corrected chi connectivity index (χ1v) is 6.98. The van der Waals surface area contributed by atoms with Crippen molar-refractivity contribution in [2.45, 2.75) is 44.7 Å². The molecule has 0 radical (unpaired) electrons. The topological polar surface area (TPSA) is 53.4 Å². The van der Waals surface area contributed by atoms with E-state index >= 15 is 0 Å². The Balaban J connectivity index is 2.11. The van der Waals surface area contributed by atoms with E-state index in [1.807, 2.05) is 5.38 Å². The lowest BCUT2D eigenvalue weighted by Gasteiger charge is -2.32. The molecule has 4 nitrogen and oxygen atoms in total. The van der Waals surface area contributed by atoms with Crippen LogP contribution in [0.15, 0.2) is 10.9 Å². The monoisotopic (exact) mass is 254 g/mol. The standard InChI is InChI=1S/C12H18N2O2S/c1-9(11-7-17-8-13-11)14(6-12(15)16)10-4-2-3-5-10/h7-10H,2-6H2,1H3,(H,15,16). The number of hydrogen-bond donors (Lipinski definition) is 1. The molecule has 0 aliphatic heterocycles. The summed E-state index contributed by atoms with van der Waals surface area (Å²) in [5.41, 5.74) is 2.79. The smallest absolute Gasteiger partial charge is 0.317 e. The molecule has 94 valence electrons. The Bertz CT molecular complexity index is 361. The molecule has 1 heterocycles. The van der Waals surface area contributed by atoms with E-state index in [1.165, 1.54) is 12.8 Å². The van der Waals surface area contributed by atoms with Crippen molar-refractivity contribution >= 4 is 17.3 Å². The van der Waals surface area contributed by atoms with Gasteiger partial charge in [-0.1, -0.05) is 12.8 Å². The van der Waals surface area contributed by atoms with E-state index in [9.17, 15) is 4.79 Å². The fraction of sp³-hybridized carbons (Fsp3) is 0.667. The van der Waals surface area contributed by atoms with Crippen molar-refractivity contribution < 1.29 is 9.90 Å². The summed E-state index contributed by atoms with van der Waals surface area (Å²) in [7, 11) is 0. The molecule has 0 amide bonds. The van der Waals surface area contributed by atoms with Gasteiger partial charge in [-0.05, 0) is 19.8 Å². The second-order valence-electron chi connectivity index (χ2n) is 4.59. The van der Waals surface area contributed by atoms with E-state index in [1.54, 1.807) is 16.8 Å². The third-order valence-corrected chi connectivity index (χ3v) is 4.09. The highest BCUT2D eigenvalue weighted by Gasteiger charge is 2.29. The number of carbonyl (C=O) groups is 1. The van der Waals surface area contributed by atoms with Crippen molar-refractivity contribution in [1.82, 2.24) is 9.88 Å². The summed E-state index contributed by atoms with van der Waals surface area (Å²) in [5, 5.41) is 11.0. The molecule has 1 aliphatic rings. The lowest BCUT2D eigenvalue weighted by molar-refractivity contribution is -0.139. The van der Waals surface area contributed by atoms with Gasteiger partial charge in [0.25, 0.3) is 0 Å². The minimum atomic E-state index is -0.751. The second-order valence-corrected chi connectivity index (χ2v) is 5.31. The van der Waals surface area contributed by atoms with Crippen LogP contribution in [0.5, 0.6) is 0 Å². The van der Waals surface area contributed by atoms with Crippen LogP contribution >= 0.6 is 11.3 Å². The zero-order valence-electron chi connectivity index (χ0n) is 10.0. The molecule has 1 aromatic heterocycles. The lowest BCUT2D eigenvalue weighted by Crippen LogP contribution is -2.39. The minimum Gasteiger partial charge on any atom is -0.480 e. The Morgan fingerprint density at radius 3 is 2.88 bits per heavy atom. The third-order valence-electron chi connectivity index (χ3n) is 3.49. The van der Waals surface area contributed by atoms with Crippen molar-refractivity contribution in [3.63, 3.8) is 0 Å². The Labute approximate surface area is 105 Å². The van der Waals surface area contributed by atoms with Gasteiger partial charge >= 0.3 is 5.97 Å². The highest BCUT2D eigenvalue weighted by molar-refractivity contribution is 7.07. The number of aromatic nitrogens is 1. The average molecular weight is 254 g/mol. The molecule has 1 aromatic rings. The minimum absolute atomic E-state index is 0.0976. The summed E-state index contributed by atoms with van der Waals surface area (Å²) in [6, 6.07) is 0.503. The van der Waals surface area contributed by atoms with Crippen LogP contribution in [0.1, 0.15) is 44.3 Å². The molecule has 0 spiro atoms. The summed E-state index contributed by atoms with van der Waals surface area (Å²) in [6.07, 6.45) is 4.65. The molecule has 1 atom stereocenters. The summed E-state index contributed by atoms with van der Waals surface area (Å²) < 4.78 is 0. The van der Waals surface area contributed by atoms with E-state index in [4.69, 9.17) is 5.11 Å². The normalized spacial score (nSPS) is 18.7. The molecule has 2 rings (SSSR count). The fourth-order valence-corrected chi connectivity index (χ4v) is 3.21. The molecule has 1 aliphatic carbocycles. The number of nitrogens with zero attached hydrogens (tertiary/aromatic N) is 2. The van der Waals surface area contributed by atoms with Gasteiger partial charge < -0.3 is 5.11 Å². The largest absolute Gasteiger partial charge is 0.480 e. The van der Waals surface area contributed by atoms with Crippen LogP contribution in [0.3, 0.4) is 0 Å². The summed E-state index contributed by atoms with van der Waals surface area (Å²) in [5.74, 6) is -0.751. The molecule has 0 aromatic carbocycles. The summed E-state index contributed by atoms with van der Waals surface area (Å²) in [6.45, 7) is 2.17. The highest BCUT2D eigenvalue weighted by Crippen LogP contribution is 2.30. The second kappa shape index (κ2) is 5.60. The number of thiazole rings is 1. The first-order valence-electron chi connectivity index (χ1n) is 6.04. The van der Waals surface area contributed by atoms with E-state index < -0.39 is 5.97 Å². The van der Waals surface area contributed by atoms with E-state index in [0.29, 0.717) is 6.04 Å². The predicted molar refractivity (Wildman–Crippen MR) is 67.1 cm³/mol. The predicted octanol–water partition coefficient (Wildman–Crippen LogP) is 2.53. The van der Waals surface area contributed by atoms with E-state index in [0.717, 1.165) is 18.5 Å². The molecule has 1 unspecified atom stereocenters. The molecule has 17 heavy (non-hydrogen) atoms. The maximum atomic E-state index is 11.0. The first-order chi connectivity index (χ1) is 8.18. The Morgan fingerprint density at radius 1 is 1.65 bits per heavy atom. The number of carboxylic acids is 1. The number of hydrogen-bond acceptors (Lipinski definition) is 4. The molecule has 1 saturated carbocycles. The Kier molecular flexibility index (Phi) is 4.12. The van der Waals surface area contributed by atoms with Crippen LogP contribution in [0, 0.1) is 0 Å². The van der Waals surface area contributed by atoms with Crippen LogP contribution in [-0.4, -0.2) is 33.5 Å². The molecule has 0 bridgehead atoms.